The second-order valence-corrected chi connectivity index (χ2v) is 33.2. The lowest BCUT2D eigenvalue weighted by Crippen LogP contribution is -2.57. The van der Waals surface area contributed by atoms with Gasteiger partial charge in [0.1, 0.15) is 5.69 Å². The molecule has 0 saturated heterocycles. The molecule has 16 aliphatic rings. The van der Waals surface area contributed by atoms with Crippen LogP contribution in [0, 0.1) is 105 Å². The van der Waals surface area contributed by atoms with Crippen molar-refractivity contribution in [2.45, 2.75) is 150 Å². The van der Waals surface area contributed by atoms with E-state index in [0.29, 0.717) is 53.0 Å². The van der Waals surface area contributed by atoms with Gasteiger partial charge in [0.25, 0.3) is 5.69 Å². The summed E-state index contributed by atoms with van der Waals surface area (Å²) >= 11 is 0. The lowest BCUT2D eigenvalue weighted by Gasteiger charge is -2.64. The van der Waals surface area contributed by atoms with Gasteiger partial charge in [0.15, 0.2) is 0 Å². The maximum atomic E-state index is 12.5. The van der Waals surface area contributed by atoms with Gasteiger partial charge >= 0.3 is 0 Å². The van der Waals surface area contributed by atoms with E-state index < -0.39 is 0 Å². The van der Waals surface area contributed by atoms with Gasteiger partial charge in [-0.1, -0.05) is 182 Å². The van der Waals surface area contributed by atoms with E-state index in [0.717, 1.165) is 58.7 Å². The average Bonchev–Trinajstić information content (AvgIpc) is 0.686. The van der Waals surface area contributed by atoms with Gasteiger partial charge in [-0.05, 0) is 286 Å². The predicted molar refractivity (Wildman–Crippen MR) is 380 cm³/mol. The standard InChI is InChI=1S/C44H46N2O2.C44H48N2/c47-46(48)41-17-8-7-16-40(41)45-42-38(43(32-10-3-1-4-11-32)34-20-28-18-29(22-34)23-35(43)21-28)14-9-15-39(42)44(33-12-5-2-6-13-33)36-24-30-19-31(26-36)27-37(44)25-30;45-40-16-7-8-17-41(40)46-42-38(43(32-10-3-1-4-11-32)34-20-28-18-29(22-34)23-35(43)21-28)14-9-15-39(42)44(33-12-5-2-6-13-33)36-24-30-19-31(26-36)27-37(44)25-30/h1-17,28-31,34-37,45H,18-27H2;1-17,28-31,34-37,46H,18-27,45H2. The highest BCUT2D eigenvalue weighted by Crippen LogP contribution is 2.73. The Balaban J connectivity index is 0.000000134. The third-order valence-corrected chi connectivity index (χ3v) is 29.2. The van der Waals surface area contributed by atoms with E-state index in [9.17, 15) is 10.1 Å². The van der Waals surface area contributed by atoms with E-state index in [1.165, 1.54) is 162 Å². The van der Waals surface area contributed by atoms with Gasteiger partial charge in [0.05, 0.1) is 16.3 Å². The molecular weight excluding hydrogens is 1140 g/mol. The Morgan fingerprint density at radius 1 is 0.287 bits per heavy atom. The number of benzene rings is 8. The van der Waals surface area contributed by atoms with Crippen molar-refractivity contribution in [3.63, 3.8) is 0 Å². The number of nitro benzene ring substituents is 1. The molecule has 8 aromatic rings. The Bertz CT molecular complexity index is 3840. The number of rotatable bonds is 13. The first-order valence-electron chi connectivity index (χ1n) is 37.3. The number of nitro groups is 1. The van der Waals surface area contributed by atoms with Crippen molar-refractivity contribution >= 4 is 34.1 Å². The van der Waals surface area contributed by atoms with Gasteiger partial charge in [-0.25, -0.2) is 0 Å². The predicted octanol–water partition coefficient (Wildman–Crippen LogP) is 21.3. The summed E-state index contributed by atoms with van der Waals surface area (Å²) in [6.07, 6.45) is 27.0. The molecule has 478 valence electrons. The minimum Gasteiger partial charge on any atom is -0.397 e. The lowest BCUT2D eigenvalue weighted by molar-refractivity contribution is -0.383. The Kier molecular flexibility index (Phi) is 13.8. The minimum absolute atomic E-state index is 0.0142. The van der Waals surface area contributed by atoms with E-state index in [1.807, 2.05) is 12.1 Å². The fourth-order valence-electron chi connectivity index (χ4n) is 27.2. The first kappa shape index (κ1) is 58.0. The summed E-state index contributed by atoms with van der Waals surface area (Å²) in [6, 6.07) is 77.1. The van der Waals surface area contributed by atoms with Crippen molar-refractivity contribution in [2.75, 3.05) is 16.4 Å². The molecule has 0 heterocycles. The molecule has 8 aromatic carbocycles. The molecule has 24 rings (SSSR count). The van der Waals surface area contributed by atoms with Gasteiger partial charge in [-0.2, -0.15) is 0 Å². The summed E-state index contributed by atoms with van der Waals surface area (Å²) in [5.41, 5.74) is 23.6. The fraction of sp³-hybridized carbons (Fsp3) is 0.455. The largest absolute Gasteiger partial charge is 0.397 e. The Hall–Kier alpha value is -7.44. The zero-order chi connectivity index (χ0) is 62.5. The van der Waals surface area contributed by atoms with Crippen LogP contribution in [0.15, 0.2) is 206 Å². The van der Waals surface area contributed by atoms with Crippen LogP contribution in [0.3, 0.4) is 0 Å². The zero-order valence-electron chi connectivity index (χ0n) is 54.9. The number of nitrogen functional groups attached to an aromatic ring is 1. The maximum Gasteiger partial charge on any atom is 0.292 e. The molecule has 4 N–H and O–H groups in total. The monoisotopic (exact) mass is 1240 g/mol. The Morgan fingerprint density at radius 3 is 0.787 bits per heavy atom. The number of hydrogen-bond acceptors (Lipinski definition) is 5. The molecule has 6 nitrogen and oxygen atoms in total. The number of anilines is 5. The molecule has 0 aromatic heterocycles. The van der Waals surface area contributed by atoms with Crippen LogP contribution in [0.4, 0.5) is 34.1 Å². The Labute approximate surface area is 557 Å². The van der Waals surface area contributed by atoms with Crippen molar-refractivity contribution in [2.24, 2.45) is 94.7 Å². The number of nitrogens with two attached hydrogens (primary N) is 1. The molecule has 0 radical (unpaired) electrons. The SMILES string of the molecule is Nc1ccccc1Nc1c(C2(c3ccccc3)C3CC4CC(C3)CC2C4)cccc1C1(c2ccccc2)C2CC3CC(C2)CC1C3.O=[N+]([O-])c1ccccc1Nc1c(C2(c3ccccc3)C3CC4CC(C3)CC2C4)cccc1C1(c2ccccc2)C2CC3CC(C2)CC1C3. The summed E-state index contributed by atoms with van der Waals surface area (Å²) in [4.78, 5) is 12.3. The van der Waals surface area contributed by atoms with Crippen LogP contribution >= 0.6 is 0 Å². The van der Waals surface area contributed by atoms with E-state index in [1.54, 1.807) is 34.4 Å². The molecule has 94 heavy (non-hydrogen) atoms. The third kappa shape index (κ3) is 8.56. The van der Waals surface area contributed by atoms with Gasteiger partial charge < -0.3 is 16.4 Å². The quantitative estimate of drug-likeness (QED) is 0.0608. The first-order valence-corrected chi connectivity index (χ1v) is 37.3. The molecule has 16 bridgehead atoms. The van der Waals surface area contributed by atoms with Crippen LogP contribution in [0.5, 0.6) is 0 Å². The van der Waals surface area contributed by atoms with Crippen LogP contribution in [0.1, 0.15) is 173 Å². The van der Waals surface area contributed by atoms with Gasteiger partial charge in [-0.3, -0.25) is 10.1 Å². The van der Waals surface area contributed by atoms with Crippen LogP contribution < -0.4 is 16.4 Å². The van der Waals surface area contributed by atoms with Crippen molar-refractivity contribution in [3.05, 3.63) is 261 Å². The Morgan fingerprint density at radius 2 is 0.521 bits per heavy atom. The number of nitrogens with zero attached hydrogens (tertiary/aromatic N) is 1. The second kappa shape index (κ2) is 22.3. The molecule has 0 aliphatic heterocycles. The number of para-hydroxylation sites is 6. The molecule has 16 aliphatic carbocycles. The van der Waals surface area contributed by atoms with Crippen LogP contribution in [-0.2, 0) is 21.7 Å². The molecule has 0 amide bonds. The third-order valence-electron chi connectivity index (χ3n) is 29.2. The van der Waals surface area contributed by atoms with E-state index in [-0.39, 0.29) is 32.3 Å². The molecule has 16 fully saturated rings. The van der Waals surface area contributed by atoms with E-state index >= 15 is 0 Å². The summed E-state index contributed by atoms with van der Waals surface area (Å²) in [5, 5.41) is 20.7. The summed E-state index contributed by atoms with van der Waals surface area (Å²) < 4.78 is 0. The summed E-state index contributed by atoms with van der Waals surface area (Å²) in [7, 11) is 0. The highest BCUT2D eigenvalue weighted by atomic mass is 16.6. The number of hydrogen-bond donors (Lipinski definition) is 3. The van der Waals surface area contributed by atoms with Crippen molar-refractivity contribution < 1.29 is 4.92 Å². The first-order chi connectivity index (χ1) is 46.2. The molecular formula is C88H94N4O2. The summed E-state index contributed by atoms with van der Waals surface area (Å²) in [6.45, 7) is 0. The van der Waals surface area contributed by atoms with Crippen molar-refractivity contribution in [3.8, 4) is 0 Å². The maximum absolute atomic E-state index is 12.5. The van der Waals surface area contributed by atoms with E-state index in [4.69, 9.17) is 5.73 Å². The normalized spacial score (nSPS) is 37.7. The zero-order valence-corrected chi connectivity index (χ0v) is 54.9. The van der Waals surface area contributed by atoms with Gasteiger partial charge in [-0.15, -0.1) is 0 Å². The van der Waals surface area contributed by atoms with Crippen LogP contribution in [0.25, 0.3) is 0 Å². The average molecular weight is 1240 g/mol. The van der Waals surface area contributed by atoms with Crippen LogP contribution in [0.2, 0.25) is 0 Å². The molecule has 0 spiro atoms. The highest BCUT2D eigenvalue weighted by Gasteiger charge is 2.65. The highest BCUT2D eigenvalue weighted by molar-refractivity contribution is 5.80. The van der Waals surface area contributed by atoms with Gasteiger partial charge in [0, 0.05) is 39.1 Å². The molecule has 0 unspecified atom stereocenters. The lowest BCUT2D eigenvalue weighted by atomic mass is 9.40. The molecule has 0 atom stereocenters. The fourth-order valence-corrected chi connectivity index (χ4v) is 27.2. The van der Waals surface area contributed by atoms with Crippen molar-refractivity contribution in [1.29, 1.82) is 0 Å². The summed E-state index contributed by atoms with van der Waals surface area (Å²) in [5.74, 6) is 12.0. The van der Waals surface area contributed by atoms with Crippen LogP contribution in [-0.4, -0.2) is 4.92 Å². The minimum atomic E-state index is -0.212. The van der Waals surface area contributed by atoms with Gasteiger partial charge in [0.2, 0.25) is 0 Å². The molecule has 6 heteroatoms. The molecule has 16 saturated carbocycles. The second-order valence-electron chi connectivity index (χ2n) is 33.2. The van der Waals surface area contributed by atoms with Crippen molar-refractivity contribution in [1.82, 2.24) is 0 Å². The van der Waals surface area contributed by atoms with E-state index in [2.05, 4.69) is 193 Å². The smallest absolute Gasteiger partial charge is 0.292 e. The number of nitrogens with one attached hydrogen (secondary N) is 2. The topological polar surface area (TPSA) is 93.2 Å².